The molecule has 0 atom stereocenters. The first kappa shape index (κ1) is 18.5. The van der Waals surface area contributed by atoms with E-state index in [2.05, 4.69) is 10.6 Å². The van der Waals surface area contributed by atoms with Gasteiger partial charge in [0.1, 0.15) is 18.8 Å². The molecule has 23 heavy (non-hydrogen) atoms. The Labute approximate surface area is 134 Å². The molecule has 130 valence electrons. The van der Waals surface area contributed by atoms with Gasteiger partial charge in [-0.2, -0.15) is 0 Å². The van der Waals surface area contributed by atoms with Gasteiger partial charge in [-0.25, -0.2) is 14.4 Å². The standard InChI is InChI=1S/C13H22N4O6/c1-13(2)9(18)16(5-7-22-10(19)14-3)12(21)17(13)6-8-23-11(20)15-4/h5-8H2,1-4H3,(H,14,19)(H,15,20). The predicted octanol–water partition coefficient (Wildman–Crippen LogP) is -0.259. The highest BCUT2D eigenvalue weighted by atomic mass is 16.6. The van der Waals surface area contributed by atoms with Crippen molar-refractivity contribution in [3.05, 3.63) is 0 Å². The quantitative estimate of drug-likeness (QED) is 0.648. The number of urea groups is 1. The second kappa shape index (κ2) is 7.65. The Bertz CT molecular complexity index is 493. The van der Waals surface area contributed by atoms with Crippen LogP contribution in [-0.4, -0.2) is 79.9 Å². The van der Waals surface area contributed by atoms with Gasteiger partial charge in [0.25, 0.3) is 5.91 Å². The van der Waals surface area contributed by atoms with Crippen molar-refractivity contribution in [2.45, 2.75) is 19.4 Å². The van der Waals surface area contributed by atoms with Crippen LogP contribution in [0.5, 0.6) is 0 Å². The summed E-state index contributed by atoms with van der Waals surface area (Å²) < 4.78 is 9.63. The van der Waals surface area contributed by atoms with Gasteiger partial charge in [0, 0.05) is 14.1 Å². The minimum atomic E-state index is -1.06. The highest BCUT2D eigenvalue weighted by Gasteiger charge is 2.50. The van der Waals surface area contributed by atoms with Crippen LogP contribution in [0, 0.1) is 0 Å². The van der Waals surface area contributed by atoms with E-state index in [0.717, 1.165) is 4.90 Å². The zero-order valence-corrected chi connectivity index (χ0v) is 13.7. The smallest absolute Gasteiger partial charge is 0.406 e. The number of imide groups is 1. The minimum absolute atomic E-state index is 0.0370. The summed E-state index contributed by atoms with van der Waals surface area (Å²) in [5.74, 6) is -0.400. The molecule has 10 nitrogen and oxygen atoms in total. The monoisotopic (exact) mass is 330 g/mol. The van der Waals surface area contributed by atoms with Crippen LogP contribution in [0.2, 0.25) is 0 Å². The lowest BCUT2D eigenvalue weighted by Gasteiger charge is -2.27. The van der Waals surface area contributed by atoms with Crippen molar-refractivity contribution < 1.29 is 28.7 Å². The Morgan fingerprint density at radius 3 is 1.96 bits per heavy atom. The largest absolute Gasteiger partial charge is 0.448 e. The molecule has 0 unspecified atom stereocenters. The molecule has 0 aliphatic carbocycles. The average Bonchev–Trinajstić information content (AvgIpc) is 2.68. The summed E-state index contributed by atoms with van der Waals surface area (Å²) in [7, 11) is 2.83. The van der Waals surface area contributed by atoms with Gasteiger partial charge in [0.05, 0.1) is 13.1 Å². The van der Waals surface area contributed by atoms with Crippen molar-refractivity contribution in [2.75, 3.05) is 40.4 Å². The third kappa shape index (κ3) is 4.24. The molecule has 0 saturated carbocycles. The molecule has 0 spiro atoms. The molecule has 0 radical (unpaired) electrons. The van der Waals surface area contributed by atoms with Gasteiger partial charge >= 0.3 is 18.2 Å². The summed E-state index contributed by atoms with van der Waals surface area (Å²) in [5.41, 5.74) is -1.06. The molecule has 1 saturated heterocycles. The highest BCUT2D eigenvalue weighted by molar-refractivity contribution is 6.06. The maximum absolute atomic E-state index is 12.3. The van der Waals surface area contributed by atoms with Crippen LogP contribution in [0.3, 0.4) is 0 Å². The lowest BCUT2D eigenvalue weighted by atomic mass is 10.0. The Balaban J connectivity index is 2.63. The van der Waals surface area contributed by atoms with Crippen molar-refractivity contribution in [3.8, 4) is 0 Å². The van der Waals surface area contributed by atoms with Gasteiger partial charge in [0.2, 0.25) is 0 Å². The third-order valence-corrected chi connectivity index (χ3v) is 3.41. The molecule has 0 bridgehead atoms. The van der Waals surface area contributed by atoms with E-state index in [1.807, 2.05) is 0 Å². The van der Waals surface area contributed by atoms with Crippen LogP contribution in [0.4, 0.5) is 14.4 Å². The maximum Gasteiger partial charge on any atom is 0.406 e. The summed E-state index contributed by atoms with van der Waals surface area (Å²) in [6.07, 6.45) is -1.25. The summed E-state index contributed by atoms with van der Waals surface area (Å²) in [5, 5.41) is 4.55. The summed E-state index contributed by atoms with van der Waals surface area (Å²) >= 11 is 0. The predicted molar refractivity (Wildman–Crippen MR) is 78.7 cm³/mol. The van der Waals surface area contributed by atoms with Gasteiger partial charge in [-0.15, -0.1) is 0 Å². The number of rotatable bonds is 6. The molecular weight excluding hydrogens is 308 g/mol. The van der Waals surface area contributed by atoms with Crippen molar-refractivity contribution in [1.29, 1.82) is 0 Å². The van der Waals surface area contributed by atoms with Gasteiger partial charge in [-0.05, 0) is 13.8 Å². The van der Waals surface area contributed by atoms with Crippen molar-refractivity contribution in [2.24, 2.45) is 0 Å². The van der Waals surface area contributed by atoms with Crippen molar-refractivity contribution in [1.82, 2.24) is 20.4 Å². The fourth-order valence-electron chi connectivity index (χ4n) is 2.09. The van der Waals surface area contributed by atoms with Crippen LogP contribution in [0.1, 0.15) is 13.8 Å². The van der Waals surface area contributed by atoms with Gasteiger partial charge in [-0.1, -0.05) is 0 Å². The molecule has 0 aromatic carbocycles. The number of carbonyl (C=O) groups excluding carboxylic acids is 4. The van der Waals surface area contributed by atoms with Crippen molar-refractivity contribution in [3.63, 3.8) is 0 Å². The normalized spacial score (nSPS) is 16.3. The lowest BCUT2D eigenvalue weighted by Crippen LogP contribution is -2.46. The van der Waals surface area contributed by atoms with Crippen LogP contribution in [0.25, 0.3) is 0 Å². The molecule has 0 aromatic heterocycles. The van der Waals surface area contributed by atoms with Crippen LogP contribution in [-0.2, 0) is 14.3 Å². The molecule has 10 heteroatoms. The van der Waals surface area contributed by atoms with E-state index in [9.17, 15) is 19.2 Å². The first-order chi connectivity index (χ1) is 10.8. The molecule has 2 N–H and O–H groups in total. The van der Waals surface area contributed by atoms with Crippen LogP contribution < -0.4 is 10.6 Å². The van der Waals surface area contributed by atoms with Gasteiger partial charge in [-0.3, -0.25) is 9.69 Å². The third-order valence-electron chi connectivity index (χ3n) is 3.41. The Morgan fingerprint density at radius 1 is 1.00 bits per heavy atom. The van der Waals surface area contributed by atoms with Crippen LogP contribution >= 0.6 is 0 Å². The number of alkyl carbamates (subject to hydrolysis) is 2. The molecule has 0 aromatic rings. The fraction of sp³-hybridized carbons (Fsp3) is 0.692. The first-order valence-electron chi connectivity index (χ1n) is 7.08. The highest BCUT2D eigenvalue weighted by Crippen LogP contribution is 2.27. The SMILES string of the molecule is CNC(=O)OCCN1C(=O)N(CCOC(=O)NC)C(C)(C)C1=O. The number of nitrogens with zero attached hydrogens (tertiary/aromatic N) is 2. The Morgan fingerprint density at radius 2 is 1.48 bits per heavy atom. The maximum atomic E-state index is 12.3. The molecule has 1 aliphatic rings. The van der Waals surface area contributed by atoms with E-state index < -0.39 is 29.7 Å². The lowest BCUT2D eigenvalue weighted by molar-refractivity contribution is -0.132. The second-order valence-electron chi connectivity index (χ2n) is 5.22. The number of amides is 5. The minimum Gasteiger partial charge on any atom is -0.448 e. The molecule has 1 heterocycles. The van der Waals surface area contributed by atoms with E-state index in [1.54, 1.807) is 13.8 Å². The van der Waals surface area contributed by atoms with E-state index >= 15 is 0 Å². The molecule has 1 aliphatic heterocycles. The summed E-state index contributed by atoms with van der Waals surface area (Å²) in [4.78, 5) is 49.0. The Kier molecular flexibility index (Phi) is 6.17. The topological polar surface area (TPSA) is 117 Å². The zero-order valence-electron chi connectivity index (χ0n) is 13.7. The summed E-state index contributed by atoms with van der Waals surface area (Å²) in [6.45, 7) is 3.11. The molecule has 1 rings (SSSR count). The van der Waals surface area contributed by atoms with Gasteiger partial charge in [0.15, 0.2) is 0 Å². The van der Waals surface area contributed by atoms with E-state index in [-0.39, 0.29) is 26.3 Å². The Hall–Kier alpha value is -2.52. The van der Waals surface area contributed by atoms with Crippen molar-refractivity contribution >= 4 is 24.1 Å². The number of nitrogens with one attached hydrogen (secondary N) is 2. The number of carbonyl (C=O) groups is 4. The molecular formula is C13H22N4O6. The van der Waals surface area contributed by atoms with Gasteiger partial charge < -0.3 is 25.0 Å². The fourth-order valence-corrected chi connectivity index (χ4v) is 2.09. The van der Waals surface area contributed by atoms with E-state index in [1.165, 1.54) is 19.0 Å². The zero-order chi connectivity index (χ0) is 17.6. The number of hydrogen-bond acceptors (Lipinski definition) is 6. The first-order valence-corrected chi connectivity index (χ1v) is 7.08. The molecule has 1 fully saturated rings. The average molecular weight is 330 g/mol. The summed E-state index contributed by atoms with van der Waals surface area (Å²) in [6, 6.07) is -0.513. The van der Waals surface area contributed by atoms with Crippen LogP contribution in [0.15, 0.2) is 0 Å². The number of ether oxygens (including phenoxy) is 2. The number of hydrogen-bond donors (Lipinski definition) is 2. The molecule has 5 amide bonds. The second-order valence-corrected chi connectivity index (χ2v) is 5.22. The van der Waals surface area contributed by atoms with E-state index in [0.29, 0.717) is 0 Å². The van der Waals surface area contributed by atoms with E-state index in [4.69, 9.17) is 9.47 Å².